The topological polar surface area (TPSA) is 91.7 Å². The van der Waals surface area contributed by atoms with Gasteiger partial charge in [-0.05, 0) is 80.6 Å². The Hall–Kier alpha value is -2.32. The first-order valence-corrected chi connectivity index (χ1v) is 12.8. The van der Waals surface area contributed by atoms with Gasteiger partial charge >= 0.3 is 6.03 Å². The van der Waals surface area contributed by atoms with E-state index in [4.69, 9.17) is 4.42 Å². The molecule has 0 spiro atoms. The summed E-state index contributed by atoms with van der Waals surface area (Å²) in [7, 11) is -4.08. The van der Waals surface area contributed by atoms with Crippen LogP contribution in [0.5, 0.6) is 0 Å². The number of anilines is 1. The van der Waals surface area contributed by atoms with Crippen LogP contribution < -0.4 is 10.0 Å². The number of sulfonamides is 1. The number of hydrogen-bond acceptors (Lipinski definition) is 5. The lowest BCUT2D eigenvalue weighted by atomic mass is 9.95. The van der Waals surface area contributed by atoms with Crippen molar-refractivity contribution in [1.82, 2.24) is 9.62 Å². The third-order valence-electron chi connectivity index (χ3n) is 7.23. The summed E-state index contributed by atoms with van der Waals surface area (Å²) in [6.07, 6.45) is 7.18. The fourth-order valence-electron chi connectivity index (χ4n) is 5.49. The van der Waals surface area contributed by atoms with Crippen molar-refractivity contribution in [3.63, 3.8) is 0 Å². The van der Waals surface area contributed by atoms with E-state index >= 15 is 0 Å². The SMILES string of the molecule is O=C(Nc1c(C2CC2)ccc2c1CCC2)NS(=O)(=O)c1cc2c(o1)C1CCN(CC1)C2. The number of furan rings is 1. The molecule has 1 aromatic heterocycles. The summed E-state index contributed by atoms with van der Waals surface area (Å²) in [5.41, 5.74) is 5.28. The Kier molecular flexibility index (Phi) is 4.44. The van der Waals surface area contributed by atoms with Crippen LogP contribution in [0.25, 0.3) is 0 Å². The quantitative estimate of drug-likeness (QED) is 0.752. The number of piperidine rings is 1. The lowest BCUT2D eigenvalue weighted by Gasteiger charge is -2.26. The van der Waals surface area contributed by atoms with E-state index in [1.165, 1.54) is 5.56 Å². The van der Waals surface area contributed by atoms with Gasteiger partial charge in [-0.25, -0.2) is 9.52 Å². The van der Waals surface area contributed by atoms with Gasteiger partial charge in [-0.3, -0.25) is 4.90 Å². The Morgan fingerprint density at radius 3 is 2.61 bits per heavy atom. The first kappa shape index (κ1) is 19.4. The number of carbonyl (C=O) groups excluding carboxylic acids is 1. The molecule has 2 amide bonds. The van der Waals surface area contributed by atoms with Crippen LogP contribution in [0.4, 0.5) is 10.5 Å². The second-order valence-electron chi connectivity index (χ2n) is 9.36. The number of hydrogen-bond donors (Lipinski definition) is 2. The summed E-state index contributed by atoms with van der Waals surface area (Å²) in [6, 6.07) is 5.13. The molecule has 2 bridgehead atoms. The molecule has 1 aromatic carbocycles. The Bertz CT molecular complexity index is 1160. The molecule has 2 N–H and O–H groups in total. The number of rotatable bonds is 4. The fraction of sp³-hybridized carbons (Fsp3) is 0.522. The van der Waals surface area contributed by atoms with Gasteiger partial charge in [0.15, 0.2) is 0 Å². The van der Waals surface area contributed by atoms with Crippen LogP contribution in [0, 0.1) is 0 Å². The first-order valence-electron chi connectivity index (χ1n) is 11.3. The summed E-state index contributed by atoms with van der Waals surface area (Å²) in [6.45, 7) is 2.74. The van der Waals surface area contributed by atoms with Crippen LogP contribution in [0.3, 0.4) is 0 Å². The summed E-state index contributed by atoms with van der Waals surface area (Å²) in [4.78, 5) is 15.1. The van der Waals surface area contributed by atoms with E-state index in [-0.39, 0.29) is 11.0 Å². The van der Waals surface area contributed by atoms with Crippen molar-refractivity contribution in [2.45, 2.75) is 68.4 Å². The Morgan fingerprint density at radius 2 is 1.84 bits per heavy atom. The largest absolute Gasteiger partial charge is 0.447 e. The molecular formula is C23H27N3O4S. The number of benzene rings is 1. The summed E-state index contributed by atoms with van der Waals surface area (Å²) >= 11 is 0. The Balaban J connectivity index is 1.24. The number of amides is 2. The normalized spacial score (nSPS) is 24.4. The molecule has 0 atom stereocenters. The van der Waals surface area contributed by atoms with Crippen LogP contribution in [0.15, 0.2) is 27.7 Å². The maximum Gasteiger partial charge on any atom is 0.333 e. The molecule has 1 saturated carbocycles. The van der Waals surface area contributed by atoms with Crippen molar-refractivity contribution < 1.29 is 17.6 Å². The minimum Gasteiger partial charge on any atom is -0.447 e. The average Bonchev–Trinajstić information content (AvgIpc) is 3.39. The van der Waals surface area contributed by atoms with Crippen molar-refractivity contribution in [2.75, 3.05) is 18.4 Å². The molecule has 164 valence electrons. The van der Waals surface area contributed by atoms with Crippen LogP contribution in [-0.2, 0) is 29.4 Å². The van der Waals surface area contributed by atoms with Gasteiger partial charge < -0.3 is 9.73 Å². The highest BCUT2D eigenvalue weighted by molar-refractivity contribution is 7.89. The van der Waals surface area contributed by atoms with E-state index in [1.54, 1.807) is 6.07 Å². The second-order valence-corrected chi connectivity index (χ2v) is 11.0. The highest BCUT2D eigenvalue weighted by atomic mass is 32.2. The molecule has 5 aliphatic rings. The molecular weight excluding hydrogens is 414 g/mol. The van der Waals surface area contributed by atoms with E-state index < -0.39 is 16.1 Å². The number of nitrogens with one attached hydrogen (secondary N) is 2. The highest BCUT2D eigenvalue weighted by Crippen LogP contribution is 2.46. The standard InChI is InChI=1S/C23H27N3O4S/c27-23(24-21-18-3-1-2-14(18)6-7-19(21)15-4-5-15)25-31(28,29)20-12-17-13-26-10-8-16(9-11-26)22(17)30-20/h6-7,12,15-16H,1-5,8-11,13H2,(H2,24,25,27). The molecule has 7 rings (SSSR count). The maximum atomic E-state index is 12.9. The number of urea groups is 1. The molecule has 0 unspecified atom stereocenters. The zero-order valence-electron chi connectivity index (χ0n) is 17.4. The van der Waals surface area contributed by atoms with Crippen molar-refractivity contribution in [3.8, 4) is 0 Å². The van der Waals surface area contributed by atoms with Gasteiger partial charge in [-0.15, -0.1) is 0 Å². The van der Waals surface area contributed by atoms with Crippen LogP contribution in [0.2, 0.25) is 0 Å². The molecule has 2 aliphatic carbocycles. The maximum absolute atomic E-state index is 12.9. The molecule has 8 heteroatoms. The van der Waals surface area contributed by atoms with Crippen LogP contribution >= 0.6 is 0 Å². The second kappa shape index (κ2) is 7.10. The fourth-order valence-corrected chi connectivity index (χ4v) is 6.38. The smallest absolute Gasteiger partial charge is 0.333 e. The molecule has 2 fully saturated rings. The van der Waals surface area contributed by atoms with Crippen molar-refractivity contribution in [1.29, 1.82) is 0 Å². The number of aryl methyl sites for hydroxylation is 1. The van der Waals surface area contributed by atoms with E-state index in [2.05, 4.69) is 27.1 Å². The number of fused-ring (bicyclic) bond motifs is 3. The molecule has 31 heavy (non-hydrogen) atoms. The van der Waals surface area contributed by atoms with Crippen LogP contribution in [0.1, 0.15) is 72.0 Å². The number of carbonyl (C=O) groups is 1. The average molecular weight is 442 g/mol. The first-order chi connectivity index (χ1) is 15.0. The van der Waals surface area contributed by atoms with E-state index in [1.807, 2.05) is 0 Å². The summed E-state index contributed by atoms with van der Waals surface area (Å²) in [5, 5.41) is 2.71. The van der Waals surface area contributed by atoms with Gasteiger partial charge in [0, 0.05) is 29.8 Å². The van der Waals surface area contributed by atoms with Crippen molar-refractivity contribution >= 4 is 21.7 Å². The Morgan fingerprint density at radius 1 is 1.03 bits per heavy atom. The zero-order valence-corrected chi connectivity index (χ0v) is 18.3. The minimum atomic E-state index is -4.08. The zero-order chi connectivity index (χ0) is 21.2. The third kappa shape index (κ3) is 3.46. The lowest BCUT2D eigenvalue weighted by Crippen LogP contribution is -2.35. The molecule has 1 saturated heterocycles. The third-order valence-corrected chi connectivity index (χ3v) is 8.42. The molecule has 2 aromatic rings. The minimum absolute atomic E-state index is 0.165. The van der Waals surface area contributed by atoms with Gasteiger partial charge in [0.2, 0.25) is 5.09 Å². The monoisotopic (exact) mass is 441 g/mol. The predicted octanol–water partition coefficient (Wildman–Crippen LogP) is 3.85. The predicted molar refractivity (Wildman–Crippen MR) is 116 cm³/mol. The van der Waals surface area contributed by atoms with Gasteiger partial charge in [-0.2, -0.15) is 8.42 Å². The number of nitrogens with zero attached hydrogens (tertiary/aromatic N) is 1. The molecule has 4 heterocycles. The van der Waals surface area contributed by atoms with Gasteiger partial charge in [0.1, 0.15) is 5.76 Å². The summed E-state index contributed by atoms with van der Waals surface area (Å²) < 4.78 is 33.9. The van der Waals surface area contributed by atoms with E-state index in [0.717, 1.165) is 86.2 Å². The van der Waals surface area contributed by atoms with Gasteiger partial charge in [-0.1, -0.05) is 12.1 Å². The lowest BCUT2D eigenvalue weighted by molar-refractivity contribution is 0.212. The van der Waals surface area contributed by atoms with Gasteiger partial charge in [0.25, 0.3) is 10.0 Å². The van der Waals surface area contributed by atoms with Crippen molar-refractivity contribution in [2.24, 2.45) is 0 Å². The van der Waals surface area contributed by atoms with E-state index in [9.17, 15) is 13.2 Å². The van der Waals surface area contributed by atoms with Crippen LogP contribution in [-0.4, -0.2) is 32.4 Å². The summed E-state index contributed by atoms with van der Waals surface area (Å²) in [5.74, 6) is 1.50. The van der Waals surface area contributed by atoms with Crippen molar-refractivity contribution in [3.05, 3.63) is 46.2 Å². The molecule has 0 radical (unpaired) electrons. The van der Waals surface area contributed by atoms with E-state index in [0.29, 0.717) is 12.5 Å². The molecule has 3 aliphatic heterocycles. The molecule has 7 nitrogen and oxygen atoms in total. The Labute approximate surface area is 182 Å². The highest BCUT2D eigenvalue weighted by Gasteiger charge is 2.34. The van der Waals surface area contributed by atoms with Gasteiger partial charge in [0.05, 0.1) is 0 Å².